The standard InChI is InChI=1S/C10H18N2O3/c1-2-8(10(14)15)5-7-12-6-3-4-9(11)13/h5,12H,2-4,6-7H2,1H3,(H2,11,13)(H,14,15). The third kappa shape index (κ3) is 7.69. The minimum atomic E-state index is -0.878. The highest BCUT2D eigenvalue weighted by Gasteiger charge is 2.02. The number of hydrogen-bond donors (Lipinski definition) is 3. The quantitative estimate of drug-likeness (QED) is 0.399. The smallest absolute Gasteiger partial charge is 0.331 e. The zero-order valence-electron chi connectivity index (χ0n) is 8.95. The lowest BCUT2D eigenvalue weighted by molar-refractivity contribution is -0.132. The van der Waals surface area contributed by atoms with Crippen LogP contribution in [0.1, 0.15) is 26.2 Å². The monoisotopic (exact) mass is 214 g/mol. The Morgan fingerprint density at radius 1 is 1.47 bits per heavy atom. The molecule has 0 radical (unpaired) electrons. The van der Waals surface area contributed by atoms with Crippen LogP contribution in [0.25, 0.3) is 0 Å². The SMILES string of the molecule is CCC(=CCNCCCC(N)=O)C(=O)O. The van der Waals surface area contributed by atoms with Gasteiger partial charge in [-0.3, -0.25) is 4.79 Å². The molecule has 0 unspecified atom stereocenters. The van der Waals surface area contributed by atoms with Crippen LogP contribution in [-0.2, 0) is 9.59 Å². The van der Waals surface area contributed by atoms with E-state index in [1.165, 1.54) is 0 Å². The van der Waals surface area contributed by atoms with E-state index < -0.39 is 5.97 Å². The molecule has 0 aliphatic carbocycles. The maximum Gasteiger partial charge on any atom is 0.331 e. The van der Waals surface area contributed by atoms with E-state index in [0.717, 1.165) is 0 Å². The van der Waals surface area contributed by atoms with Gasteiger partial charge in [-0.05, 0) is 19.4 Å². The summed E-state index contributed by atoms with van der Waals surface area (Å²) in [4.78, 5) is 21.0. The second-order valence-corrected chi connectivity index (χ2v) is 3.16. The van der Waals surface area contributed by atoms with Crippen molar-refractivity contribution < 1.29 is 14.7 Å². The first-order valence-corrected chi connectivity index (χ1v) is 4.99. The lowest BCUT2D eigenvalue weighted by Crippen LogP contribution is -2.19. The van der Waals surface area contributed by atoms with Crippen LogP contribution in [0.5, 0.6) is 0 Å². The topological polar surface area (TPSA) is 92.4 Å². The summed E-state index contributed by atoms with van der Waals surface area (Å²) in [6, 6.07) is 0. The normalized spacial score (nSPS) is 11.4. The average molecular weight is 214 g/mol. The van der Waals surface area contributed by atoms with Gasteiger partial charge < -0.3 is 16.2 Å². The van der Waals surface area contributed by atoms with Crippen LogP contribution in [0, 0.1) is 0 Å². The molecule has 0 atom stereocenters. The van der Waals surface area contributed by atoms with Gasteiger partial charge in [-0.25, -0.2) is 4.79 Å². The highest BCUT2D eigenvalue weighted by Crippen LogP contribution is 1.98. The zero-order valence-corrected chi connectivity index (χ0v) is 8.95. The van der Waals surface area contributed by atoms with Gasteiger partial charge in [0.05, 0.1) is 0 Å². The van der Waals surface area contributed by atoms with E-state index in [1.807, 2.05) is 0 Å². The summed E-state index contributed by atoms with van der Waals surface area (Å²) in [5, 5.41) is 11.7. The van der Waals surface area contributed by atoms with Crippen LogP contribution in [0.15, 0.2) is 11.6 Å². The first kappa shape index (κ1) is 13.6. The summed E-state index contributed by atoms with van der Waals surface area (Å²) in [6.45, 7) is 2.97. The fourth-order valence-corrected chi connectivity index (χ4v) is 1.07. The maximum absolute atomic E-state index is 10.6. The number of amides is 1. The molecule has 0 fully saturated rings. The molecule has 5 heteroatoms. The molecule has 0 aromatic heterocycles. The van der Waals surface area contributed by atoms with Crippen molar-refractivity contribution in [3.63, 3.8) is 0 Å². The first-order chi connectivity index (χ1) is 7.07. The van der Waals surface area contributed by atoms with Crippen molar-refractivity contribution in [1.82, 2.24) is 5.32 Å². The van der Waals surface area contributed by atoms with Gasteiger partial charge in [0.1, 0.15) is 0 Å². The molecular weight excluding hydrogens is 196 g/mol. The number of hydrogen-bond acceptors (Lipinski definition) is 3. The minimum absolute atomic E-state index is 0.313. The maximum atomic E-state index is 10.6. The highest BCUT2D eigenvalue weighted by molar-refractivity contribution is 5.86. The summed E-state index contributed by atoms with van der Waals surface area (Å²) in [7, 11) is 0. The molecule has 4 N–H and O–H groups in total. The number of primary amides is 1. The first-order valence-electron chi connectivity index (χ1n) is 4.99. The van der Waals surface area contributed by atoms with Crippen molar-refractivity contribution in [3.05, 3.63) is 11.6 Å². The predicted octanol–water partition coefficient (Wildman–Crippen LogP) is 0.263. The van der Waals surface area contributed by atoms with Crippen molar-refractivity contribution in [1.29, 1.82) is 0 Å². The predicted molar refractivity (Wildman–Crippen MR) is 57.3 cm³/mol. The van der Waals surface area contributed by atoms with Gasteiger partial charge >= 0.3 is 5.97 Å². The molecule has 0 saturated carbocycles. The van der Waals surface area contributed by atoms with Crippen LogP contribution in [0.3, 0.4) is 0 Å². The number of rotatable bonds is 8. The number of carboxylic acids is 1. The number of nitrogens with two attached hydrogens (primary N) is 1. The molecule has 0 aromatic rings. The Morgan fingerprint density at radius 2 is 2.13 bits per heavy atom. The third-order valence-electron chi connectivity index (χ3n) is 1.93. The Labute approximate surface area is 89.3 Å². The molecule has 0 saturated heterocycles. The molecule has 86 valence electrons. The van der Waals surface area contributed by atoms with Crippen LogP contribution >= 0.6 is 0 Å². The van der Waals surface area contributed by atoms with Gasteiger partial charge in [-0.15, -0.1) is 0 Å². The fraction of sp³-hybridized carbons (Fsp3) is 0.600. The number of carbonyl (C=O) groups is 2. The molecule has 5 nitrogen and oxygen atoms in total. The van der Waals surface area contributed by atoms with Gasteiger partial charge in [-0.1, -0.05) is 13.0 Å². The van der Waals surface area contributed by atoms with E-state index >= 15 is 0 Å². The number of aliphatic carboxylic acids is 1. The van der Waals surface area contributed by atoms with Crippen LogP contribution in [0.2, 0.25) is 0 Å². The van der Waals surface area contributed by atoms with E-state index in [9.17, 15) is 9.59 Å². The Balaban J connectivity index is 3.59. The summed E-state index contributed by atoms with van der Waals surface area (Å²) < 4.78 is 0. The molecule has 0 aromatic carbocycles. The van der Waals surface area contributed by atoms with E-state index in [-0.39, 0.29) is 5.91 Å². The van der Waals surface area contributed by atoms with Crippen molar-refractivity contribution in [3.8, 4) is 0 Å². The molecule has 0 aliphatic heterocycles. The second-order valence-electron chi connectivity index (χ2n) is 3.16. The lowest BCUT2D eigenvalue weighted by Gasteiger charge is -2.01. The molecule has 0 rings (SSSR count). The Kier molecular flexibility index (Phi) is 7.27. The number of nitrogens with one attached hydrogen (secondary N) is 1. The molecule has 1 amide bonds. The van der Waals surface area contributed by atoms with Gasteiger partial charge in [0, 0.05) is 18.5 Å². The van der Waals surface area contributed by atoms with Crippen molar-refractivity contribution in [2.24, 2.45) is 5.73 Å². The molecule has 0 spiro atoms. The largest absolute Gasteiger partial charge is 0.478 e. The lowest BCUT2D eigenvalue weighted by atomic mass is 10.2. The molecule has 0 heterocycles. The van der Waals surface area contributed by atoms with E-state index in [0.29, 0.717) is 37.9 Å². The van der Waals surface area contributed by atoms with E-state index in [1.54, 1.807) is 13.0 Å². The Hall–Kier alpha value is -1.36. The Morgan fingerprint density at radius 3 is 2.60 bits per heavy atom. The van der Waals surface area contributed by atoms with Gasteiger partial charge in [0.15, 0.2) is 0 Å². The number of carboxylic acid groups (broad SMARTS) is 1. The average Bonchev–Trinajstić information content (AvgIpc) is 2.15. The summed E-state index contributed by atoms with van der Waals surface area (Å²) in [6.07, 6.45) is 3.19. The molecule has 15 heavy (non-hydrogen) atoms. The second kappa shape index (κ2) is 7.99. The molecule has 0 aliphatic rings. The van der Waals surface area contributed by atoms with Gasteiger partial charge in [0.25, 0.3) is 0 Å². The van der Waals surface area contributed by atoms with E-state index in [4.69, 9.17) is 10.8 Å². The van der Waals surface area contributed by atoms with Gasteiger partial charge in [-0.2, -0.15) is 0 Å². The van der Waals surface area contributed by atoms with Crippen molar-refractivity contribution in [2.75, 3.05) is 13.1 Å². The summed E-state index contributed by atoms with van der Waals surface area (Å²) in [5.41, 5.74) is 5.36. The van der Waals surface area contributed by atoms with Crippen LogP contribution in [0.4, 0.5) is 0 Å². The minimum Gasteiger partial charge on any atom is -0.478 e. The number of carbonyl (C=O) groups excluding carboxylic acids is 1. The van der Waals surface area contributed by atoms with Gasteiger partial charge in [0.2, 0.25) is 5.91 Å². The molecular formula is C10H18N2O3. The summed E-state index contributed by atoms with van der Waals surface area (Å²) >= 11 is 0. The molecule has 0 bridgehead atoms. The third-order valence-corrected chi connectivity index (χ3v) is 1.93. The zero-order chi connectivity index (χ0) is 11.7. The van der Waals surface area contributed by atoms with E-state index in [2.05, 4.69) is 5.32 Å². The Bertz CT molecular complexity index is 249. The van der Waals surface area contributed by atoms with Crippen LogP contribution in [-0.4, -0.2) is 30.1 Å². The highest BCUT2D eigenvalue weighted by atomic mass is 16.4. The van der Waals surface area contributed by atoms with Crippen molar-refractivity contribution in [2.45, 2.75) is 26.2 Å². The fourth-order valence-electron chi connectivity index (χ4n) is 1.07. The van der Waals surface area contributed by atoms with Crippen molar-refractivity contribution >= 4 is 11.9 Å². The summed E-state index contributed by atoms with van der Waals surface area (Å²) in [5.74, 6) is -1.19. The van der Waals surface area contributed by atoms with Crippen LogP contribution < -0.4 is 11.1 Å².